The number of amides is 2. The first-order chi connectivity index (χ1) is 10.9. The molecule has 0 saturated carbocycles. The number of hydrogen-bond donors (Lipinski definition) is 1. The highest BCUT2D eigenvalue weighted by Gasteiger charge is 2.27. The fourth-order valence-corrected chi connectivity index (χ4v) is 2.80. The van der Waals surface area contributed by atoms with Gasteiger partial charge in [0.15, 0.2) is 0 Å². The summed E-state index contributed by atoms with van der Waals surface area (Å²) >= 11 is 0. The van der Waals surface area contributed by atoms with Gasteiger partial charge in [-0.3, -0.25) is 9.59 Å². The molecule has 1 fully saturated rings. The van der Waals surface area contributed by atoms with E-state index in [0.717, 1.165) is 12.0 Å². The molecule has 0 bridgehead atoms. The van der Waals surface area contributed by atoms with Crippen molar-refractivity contribution >= 4 is 11.8 Å². The van der Waals surface area contributed by atoms with Crippen molar-refractivity contribution in [3.05, 3.63) is 35.4 Å². The second-order valence-corrected chi connectivity index (χ2v) is 6.61. The average molecular weight is 317 g/mol. The quantitative estimate of drug-likeness (QED) is 0.922. The summed E-state index contributed by atoms with van der Waals surface area (Å²) in [6.07, 6.45) is 0.786. The molecular weight excluding hydrogens is 290 g/mol. The lowest BCUT2D eigenvalue weighted by Crippen LogP contribution is -2.47. The molecule has 1 aromatic rings. The van der Waals surface area contributed by atoms with Crippen molar-refractivity contribution in [2.75, 3.05) is 26.2 Å². The minimum Gasteiger partial charge on any atom is -0.340 e. The van der Waals surface area contributed by atoms with Gasteiger partial charge in [0.05, 0.1) is 6.04 Å². The first-order valence-corrected chi connectivity index (χ1v) is 8.30. The zero-order chi connectivity index (χ0) is 17.0. The molecule has 2 N–H and O–H groups in total. The predicted molar refractivity (Wildman–Crippen MR) is 91.1 cm³/mol. The maximum Gasteiger partial charge on any atom is 0.253 e. The smallest absolute Gasteiger partial charge is 0.253 e. The van der Waals surface area contributed by atoms with Crippen LogP contribution in [0.3, 0.4) is 0 Å². The molecule has 0 unspecified atom stereocenters. The summed E-state index contributed by atoms with van der Waals surface area (Å²) in [6, 6.07) is 7.17. The van der Waals surface area contributed by atoms with Gasteiger partial charge in [-0.2, -0.15) is 0 Å². The molecule has 5 heteroatoms. The molecule has 2 rings (SSSR count). The number of carbonyl (C=O) groups is 2. The van der Waals surface area contributed by atoms with E-state index in [9.17, 15) is 9.59 Å². The van der Waals surface area contributed by atoms with Crippen molar-refractivity contribution in [3.8, 4) is 0 Å². The van der Waals surface area contributed by atoms with Gasteiger partial charge in [0.1, 0.15) is 0 Å². The van der Waals surface area contributed by atoms with E-state index in [-0.39, 0.29) is 17.7 Å². The van der Waals surface area contributed by atoms with Gasteiger partial charge in [-0.25, -0.2) is 0 Å². The molecule has 1 aliphatic heterocycles. The van der Waals surface area contributed by atoms with E-state index < -0.39 is 6.04 Å². The molecule has 126 valence electrons. The number of rotatable bonds is 3. The van der Waals surface area contributed by atoms with Crippen molar-refractivity contribution in [2.45, 2.75) is 33.2 Å². The normalized spacial score (nSPS) is 17.1. The maximum atomic E-state index is 12.6. The van der Waals surface area contributed by atoms with Crippen LogP contribution >= 0.6 is 0 Å². The van der Waals surface area contributed by atoms with E-state index in [0.29, 0.717) is 31.7 Å². The summed E-state index contributed by atoms with van der Waals surface area (Å²) in [5.74, 6) is 0.150. The van der Waals surface area contributed by atoms with Gasteiger partial charge in [-0.15, -0.1) is 0 Å². The number of hydrogen-bond acceptors (Lipinski definition) is 3. The first kappa shape index (κ1) is 17.5. The Kier molecular flexibility index (Phi) is 5.77. The Labute approximate surface area is 138 Å². The lowest BCUT2D eigenvalue weighted by atomic mass is 10.0. The summed E-state index contributed by atoms with van der Waals surface area (Å²) in [7, 11) is 0. The lowest BCUT2D eigenvalue weighted by molar-refractivity contribution is -0.133. The van der Waals surface area contributed by atoms with Gasteiger partial charge in [0, 0.05) is 31.7 Å². The topological polar surface area (TPSA) is 66.6 Å². The van der Waals surface area contributed by atoms with Crippen molar-refractivity contribution in [2.24, 2.45) is 11.7 Å². The van der Waals surface area contributed by atoms with Crippen LogP contribution in [0.15, 0.2) is 24.3 Å². The van der Waals surface area contributed by atoms with E-state index in [1.165, 1.54) is 0 Å². The largest absolute Gasteiger partial charge is 0.340 e. The van der Waals surface area contributed by atoms with Crippen LogP contribution in [-0.2, 0) is 4.79 Å². The van der Waals surface area contributed by atoms with Gasteiger partial charge in [-0.05, 0) is 31.4 Å². The summed E-state index contributed by atoms with van der Waals surface area (Å²) < 4.78 is 0. The molecular formula is C18H27N3O2. The monoisotopic (exact) mass is 317 g/mol. The van der Waals surface area contributed by atoms with Crippen LogP contribution in [0, 0.1) is 12.8 Å². The van der Waals surface area contributed by atoms with E-state index in [2.05, 4.69) is 0 Å². The SMILES string of the molecule is Cc1cccc(C(=O)N2CCCN(C(=O)[C@@H](N)C(C)C)CC2)c1. The molecule has 1 atom stereocenters. The van der Waals surface area contributed by atoms with E-state index >= 15 is 0 Å². The maximum absolute atomic E-state index is 12.6. The Morgan fingerprint density at radius 1 is 1.09 bits per heavy atom. The molecule has 0 aromatic heterocycles. The minimum absolute atomic E-state index is 0.00939. The molecule has 23 heavy (non-hydrogen) atoms. The molecule has 1 saturated heterocycles. The molecule has 5 nitrogen and oxygen atoms in total. The summed E-state index contributed by atoms with van der Waals surface area (Å²) in [5, 5.41) is 0. The second-order valence-electron chi connectivity index (χ2n) is 6.61. The fourth-order valence-electron chi connectivity index (χ4n) is 2.80. The van der Waals surface area contributed by atoms with Gasteiger partial charge in [0.2, 0.25) is 5.91 Å². The lowest BCUT2D eigenvalue weighted by Gasteiger charge is -2.26. The Balaban J connectivity index is 2.01. The highest BCUT2D eigenvalue weighted by molar-refractivity contribution is 5.94. The summed E-state index contributed by atoms with van der Waals surface area (Å²) in [4.78, 5) is 28.6. The van der Waals surface area contributed by atoms with Crippen LogP contribution in [0.1, 0.15) is 36.2 Å². The molecule has 1 aromatic carbocycles. The van der Waals surface area contributed by atoms with Crippen LogP contribution in [0.25, 0.3) is 0 Å². The van der Waals surface area contributed by atoms with Crippen molar-refractivity contribution < 1.29 is 9.59 Å². The number of aryl methyl sites for hydroxylation is 1. The van der Waals surface area contributed by atoms with Gasteiger partial charge in [0.25, 0.3) is 5.91 Å². The third-order valence-electron chi connectivity index (χ3n) is 4.36. The Hall–Kier alpha value is -1.88. The average Bonchev–Trinajstić information content (AvgIpc) is 2.78. The molecule has 1 heterocycles. The van der Waals surface area contributed by atoms with Crippen LogP contribution in [-0.4, -0.2) is 53.8 Å². The third kappa shape index (κ3) is 4.32. The number of nitrogens with zero attached hydrogens (tertiary/aromatic N) is 2. The minimum atomic E-state index is -0.464. The molecule has 0 aliphatic carbocycles. The highest BCUT2D eigenvalue weighted by atomic mass is 16.2. The van der Waals surface area contributed by atoms with Gasteiger partial charge >= 0.3 is 0 Å². The van der Waals surface area contributed by atoms with E-state index in [1.54, 1.807) is 4.90 Å². The predicted octanol–water partition coefficient (Wildman–Crippen LogP) is 1.65. The van der Waals surface area contributed by atoms with Crippen LogP contribution < -0.4 is 5.73 Å². The summed E-state index contributed by atoms with van der Waals surface area (Å²) in [5.41, 5.74) is 7.76. The van der Waals surface area contributed by atoms with Crippen molar-refractivity contribution in [1.82, 2.24) is 9.80 Å². The van der Waals surface area contributed by atoms with E-state index in [1.807, 2.05) is 49.9 Å². The van der Waals surface area contributed by atoms with Gasteiger partial charge in [-0.1, -0.05) is 31.5 Å². The standard InChI is InChI=1S/C18H27N3O2/c1-13(2)16(19)18(23)21-9-5-8-20(10-11-21)17(22)15-7-4-6-14(3)12-15/h4,6-7,12-13,16H,5,8-11,19H2,1-3H3/t16-/m0/s1. The Morgan fingerprint density at radius 2 is 1.74 bits per heavy atom. The molecule has 0 spiro atoms. The molecule has 1 aliphatic rings. The van der Waals surface area contributed by atoms with Crippen molar-refractivity contribution in [1.29, 1.82) is 0 Å². The fraction of sp³-hybridized carbons (Fsp3) is 0.556. The second kappa shape index (κ2) is 7.59. The highest BCUT2D eigenvalue weighted by Crippen LogP contribution is 2.12. The zero-order valence-electron chi connectivity index (χ0n) is 14.3. The van der Waals surface area contributed by atoms with Crippen LogP contribution in [0.4, 0.5) is 0 Å². The van der Waals surface area contributed by atoms with Crippen LogP contribution in [0.2, 0.25) is 0 Å². The number of carbonyl (C=O) groups excluding carboxylic acids is 2. The first-order valence-electron chi connectivity index (χ1n) is 8.30. The van der Waals surface area contributed by atoms with Crippen LogP contribution in [0.5, 0.6) is 0 Å². The molecule has 0 radical (unpaired) electrons. The molecule has 2 amide bonds. The summed E-state index contributed by atoms with van der Waals surface area (Å²) in [6.45, 7) is 8.33. The Morgan fingerprint density at radius 3 is 2.39 bits per heavy atom. The zero-order valence-corrected chi connectivity index (χ0v) is 14.3. The number of nitrogens with two attached hydrogens (primary N) is 1. The van der Waals surface area contributed by atoms with Crippen molar-refractivity contribution in [3.63, 3.8) is 0 Å². The van der Waals surface area contributed by atoms with Gasteiger partial charge < -0.3 is 15.5 Å². The third-order valence-corrected chi connectivity index (χ3v) is 4.36. The number of benzene rings is 1. The Bertz CT molecular complexity index is 571. The van der Waals surface area contributed by atoms with E-state index in [4.69, 9.17) is 5.73 Å².